The van der Waals surface area contributed by atoms with E-state index in [9.17, 15) is 9.59 Å². The third kappa shape index (κ3) is 6.26. The molecule has 0 N–H and O–H groups in total. The van der Waals surface area contributed by atoms with Gasteiger partial charge in [0.1, 0.15) is 0 Å². The van der Waals surface area contributed by atoms with Crippen molar-refractivity contribution >= 4 is 17.5 Å². The molecule has 1 unspecified atom stereocenters. The van der Waals surface area contributed by atoms with Crippen LogP contribution in [0.25, 0.3) is 0 Å². The van der Waals surface area contributed by atoms with Crippen LogP contribution in [0.5, 0.6) is 0 Å². The van der Waals surface area contributed by atoms with Crippen LogP contribution in [0.3, 0.4) is 0 Å². The molecule has 1 aliphatic rings. The van der Waals surface area contributed by atoms with Crippen molar-refractivity contribution in [1.29, 1.82) is 0 Å². The first kappa shape index (κ1) is 24.4. The lowest BCUT2D eigenvalue weighted by atomic mass is 9.72. The van der Waals surface area contributed by atoms with Crippen molar-refractivity contribution in [2.75, 3.05) is 4.90 Å². The lowest BCUT2D eigenvalue weighted by molar-refractivity contribution is -0.122. The maximum Gasteiger partial charge on any atom is 0.237 e. The van der Waals surface area contributed by atoms with Crippen LogP contribution in [0.1, 0.15) is 87.6 Å². The fraction of sp³-hybridized carbons (Fsp3) is 0.652. The molecule has 1 saturated heterocycles. The molecule has 0 aliphatic carbocycles. The molecule has 0 spiro atoms. The Kier molecular flexibility index (Phi) is 9.27. The highest BCUT2D eigenvalue weighted by atomic mass is 16.2. The van der Waals surface area contributed by atoms with Gasteiger partial charge in [0.2, 0.25) is 11.8 Å². The van der Waals surface area contributed by atoms with Gasteiger partial charge in [-0.3, -0.25) is 14.5 Å². The van der Waals surface area contributed by atoms with Crippen LogP contribution < -0.4 is 4.90 Å². The monoisotopic (exact) mass is 361 g/mol. The Labute approximate surface area is 161 Å². The summed E-state index contributed by atoms with van der Waals surface area (Å²) in [6.07, 6.45) is 1.38. The second-order valence-corrected chi connectivity index (χ2v) is 8.34. The van der Waals surface area contributed by atoms with E-state index in [-0.39, 0.29) is 28.6 Å². The Morgan fingerprint density at radius 1 is 0.923 bits per heavy atom. The van der Waals surface area contributed by atoms with Crippen molar-refractivity contribution in [3.63, 3.8) is 0 Å². The normalized spacial score (nSPS) is 17.3. The van der Waals surface area contributed by atoms with Crippen molar-refractivity contribution in [2.24, 2.45) is 11.3 Å². The van der Waals surface area contributed by atoms with Gasteiger partial charge in [0.25, 0.3) is 0 Å². The fourth-order valence-corrected chi connectivity index (χ4v) is 3.54. The Hall–Kier alpha value is -1.64. The van der Waals surface area contributed by atoms with Crippen LogP contribution in [0.15, 0.2) is 24.3 Å². The van der Waals surface area contributed by atoms with Gasteiger partial charge in [-0.1, -0.05) is 81.4 Å². The highest BCUT2D eigenvalue weighted by Crippen LogP contribution is 2.37. The summed E-state index contributed by atoms with van der Waals surface area (Å²) in [6.45, 7) is 21.0. The Morgan fingerprint density at radius 3 is 1.73 bits per heavy atom. The van der Waals surface area contributed by atoms with Gasteiger partial charge in [0.15, 0.2) is 0 Å². The molecule has 2 rings (SSSR count). The molecule has 1 atom stereocenters. The Morgan fingerprint density at radius 2 is 1.38 bits per heavy atom. The quantitative estimate of drug-likeness (QED) is 0.588. The predicted molar refractivity (Wildman–Crippen MR) is 113 cm³/mol. The van der Waals surface area contributed by atoms with E-state index in [0.29, 0.717) is 12.1 Å². The molecular formula is C23H39NO2. The standard InChI is InChI=1S/C19H27NO2.2C2H6/c1-13-11-16(21)20(17(13)22)15-9-7-14(8-10-15)19(5,6)12-18(2,3)4;2*1-2/h7-10,13H,11-12H2,1-6H3;2*1-2H3. The number of imide groups is 1. The van der Waals surface area contributed by atoms with E-state index in [2.05, 4.69) is 34.6 Å². The van der Waals surface area contributed by atoms with Gasteiger partial charge in [-0.15, -0.1) is 0 Å². The van der Waals surface area contributed by atoms with Gasteiger partial charge < -0.3 is 0 Å². The number of hydrogen-bond acceptors (Lipinski definition) is 2. The molecule has 1 fully saturated rings. The summed E-state index contributed by atoms with van der Waals surface area (Å²) in [6, 6.07) is 7.89. The average molecular weight is 362 g/mol. The smallest absolute Gasteiger partial charge is 0.237 e. The van der Waals surface area contributed by atoms with Gasteiger partial charge in [-0.05, 0) is 34.9 Å². The highest BCUT2D eigenvalue weighted by molar-refractivity contribution is 6.20. The fourth-order valence-electron chi connectivity index (χ4n) is 3.54. The van der Waals surface area contributed by atoms with Crippen molar-refractivity contribution in [2.45, 2.75) is 87.5 Å². The molecule has 1 aromatic carbocycles. The van der Waals surface area contributed by atoms with Gasteiger partial charge in [0.05, 0.1) is 5.69 Å². The highest BCUT2D eigenvalue weighted by Gasteiger charge is 2.36. The number of amides is 2. The van der Waals surface area contributed by atoms with Crippen LogP contribution in [-0.4, -0.2) is 11.8 Å². The number of hydrogen-bond donors (Lipinski definition) is 0. The number of anilines is 1. The largest absolute Gasteiger partial charge is 0.274 e. The summed E-state index contributed by atoms with van der Waals surface area (Å²) in [5, 5.41) is 0. The van der Waals surface area contributed by atoms with Crippen molar-refractivity contribution in [3.05, 3.63) is 29.8 Å². The topological polar surface area (TPSA) is 37.4 Å². The summed E-state index contributed by atoms with van der Waals surface area (Å²) in [5.41, 5.74) is 2.23. The van der Waals surface area contributed by atoms with Crippen LogP contribution >= 0.6 is 0 Å². The van der Waals surface area contributed by atoms with Gasteiger partial charge >= 0.3 is 0 Å². The number of carbonyl (C=O) groups is 2. The second kappa shape index (κ2) is 9.89. The summed E-state index contributed by atoms with van der Waals surface area (Å²) in [4.78, 5) is 25.4. The molecule has 1 heterocycles. The van der Waals surface area contributed by atoms with Gasteiger partial charge in [-0.25, -0.2) is 0 Å². The molecule has 3 heteroatoms. The minimum Gasteiger partial charge on any atom is -0.274 e. The molecule has 2 amide bonds. The molecule has 1 aliphatic heterocycles. The number of rotatable bonds is 3. The lowest BCUT2D eigenvalue weighted by Crippen LogP contribution is -2.30. The zero-order chi connectivity index (χ0) is 20.7. The molecular weight excluding hydrogens is 322 g/mol. The molecule has 148 valence electrons. The number of nitrogens with zero attached hydrogens (tertiary/aromatic N) is 1. The predicted octanol–water partition coefficient (Wildman–Crippen LogP) is 6.35. The van der Waals surface area contributed by atoms with E-state index in [4.69, 9.17) is 0 Å². The van der Waals surface area contributed by atoms with Gasteiger partial charge in [0, 0.05) is 12.3 Å². The van der Waals surface area contributed by atoms with E-state index in [1.807, 2.05) is 52.0 Å². The third-order valence-corrected chi connectivity index (χ3v) is 4.25. The molecule has 3 nitrogen and oxygen atoms in total. The number of benzene rings is 1. The molecule has 0 bridgehead atoms. The summed E-state index contributed by atoms with van der Waals surface area (Å²) < 4.78 is 0. The van der Waals surface area contributed by atoms with Crippen molar-refractivity contribution in [3.8, 4) is 0 Å². The lowest BCUT2D eigenvalue weighted by Gasteiger charge is -2.33. The first-order valence-corrected chi connectivity index (χ1v) is 9.99. The minimum atomic E-state index is -0.204. The van der Waals surface area contributed by atoms with Crippen molar-refractivity contribution in [1.82, 2.24) is 0 Å². The van der Waals surface area contributed by atoms with Crippen LogP contribution in [0.2, 0.25) is 0 Å². The zero-order valence-corrected chi connectivity index (χ0v) is 18.6. The maximum atomic E-state index is 12.1. The maximum absolute atomic E-state index is 12.1. The molecule has 1 aromatic rings. The van der Waals surface area contributed by atoms with E-state index in [1.165, 1.54) is 10.5 Å². The van der Waals surface area contributed by atoms with E-state index < -0.39 is 0 Å². The zero-order valence-electron chi connectivity index (χ0n) is 18.6. The van der Waals surface area contributed by atoms with Crippen LogP contribution in [0.4, 0.5) is 5.69 Å². The van der Waals surface area contributed by atoms with E-state index in [1.54, 1.807) is 6.92 Å². The average Bonchev–Trinajstić information content (AvgIpc) is 2.82. The molecule has 0 aromatic heterocycles. The Balaban J connectivity index is 0.00000146. The summed E-state index contributed by atoms with van der Waals surface area (Å²) in [7, 11) is 0. The van der Waals surface area contributed by atoms with Crippen LogP contribution in [-0.2, 0) is 15.0 Å². The second-order valence-electron chi connectivity index (χ2n) is 8.34. The van der Waals surface area contributed by atoms with Crippen molar-refractivity contribution < 1.29 is 9.59 Å². The van der Waals surface area contributed by atoms with E-state index in [0.717, 1.165) is 6.42 Å². The summed E-state index contributed by atoms with van der Waals surface area (Å²) >= 11 is 0. The third-order valence-electron chi connectivity index (χ3n) is 4.25. The van der Waals surface area contributed by atoms with E-state index >= 15 is 0 Å². The Bertz CT molecular complexity index is 579. The summed E-state index contributed by atoms with van der Waals surface area (Å²) in [5.74, 6) is -0.393. The van der Waals surface area contributed by atoms with Crippen LogP contribution in [0, 0.1) is 11.3 Å². The molecule has 0 saturated carbocycles. The molecule has 0 radical (unpaired) electrons. The first-order valence-electron chi connectivity index (χ1n) is 9.99. The number of carbonyl (C=O) groups excluding carboxylic acids is 2. The SMILES string of the molecule is CC.CC.CC1CC(=O)N(c2ccc(C(C)(C)CC(C)(C)C)cc2)C1=O. The first-order chi connectivity index (χ1) is 12.0. The molecule has 26 heavy (non-hydrogen) atoms. The minimum absolute atomic E-state index is 0.0586. The van der Waals surface area contributed by atoms with Gasteiger partial charge in [-0.2, -0.15) is 0 Å².